The maximum Gasteiger partial charge on any atom is 0.200 e. The van der Waals surface area contributed by atoms with Crippen LogP contribution in [-0.4, -0.2) is 15.8 Å². The number of nitrogens with zero attached hydrogens (tertiary/aromatic N) is 2. The van der Waals surface area contributed by atoms with Gasteiger partial charge < -0.3 is 0 Å². The summed E-state index contributed by atoms with van der Waals surface area (Å²) in [5.41, 5.74) is 0. The predicted octanol–water partition coefficient (Wildman–Crippen LogP) is 2.49. The first-order valence-corrected chi connectivity index (χ1v) is 5.08. The Labute approximate surface area is 84.6 Å². The number of aromatic nitrogens is 2. The van der Waals surface area contributed by atoms with Gasteiger partial charge in [0, 0.05) is 18.8 Å². The summed E-state index contributed by atoms with van der Waals surface area (Å²) in [5, 5.41) is 0. The number of Topliss-reactive ketones (excluding diaryl/α,β-unsaturated/α-hetero) is 1. The van der Waals surface area contributed by atoms with Gasteiger partial charge in [0.25, 0.3) is 0 Å². The fourth-order valence-electron chi connectivity index (χ4n) is 1.37. The van der Waals surface area contributed by atoms with E-state index in [2.05, 4.69) is 23.8 Å². The van der Waals surface area contributed by atoms with Gasteiger partial charge in [-0.1, -0.05) is 26.7 Å². The number of rotatable bonds is 5. The van der Waals surface area contributed by atoms with Crippen molar-refractivity contribution in [2.75, 3.05) is 0 Å². The first-order valence-electron chi connectivity index (χ1n) is 5.08. The molecule has 76 valence electrons. The van der Waals surface area contributed by atoms with E-state index in [9.17, 15) is 4.79 Å². The van der Waals surface area contributed by atoms with Crippen LogP contribution < -0.4 is 0 Å². The molecular weight excluding hydrogens is 176 g/mol. The smallest absolute Gasteiger partial charge is 0.200 e. The Kier molecular flexibility index (Phi) is 4.23. The summed E-state index contributed by atoms with van der Waals surface area (Å²) < 4.78 is 0. The Bertz CT molecular complexity index is 281. The van der Waals surface area contributed by atoms with Gasteiger partial charge in [0.05, 0.1) is 0 Å². The van der Waals surface area contributed by atoms with E-state index in [1.807, 2.05) is 0 Å². The zero-order chi connectivity index (χ0) is 10.4. The van der Waals surface area contributed by atoms with E-state index in [1.54, 1.807) is 18.5 Å². The van der Waals surface area contributed by atoms with Crippen molar-refractivity contribution in [1.29, 1.82) is 0 Å². The lowest BCUT2D eigenvalue weighted by atomic mass is 9.97. The third-order valence-corrected chi connectivity index (χ3v) is 2.44. The molecule has 1 heterocycles. The molecule has 1 aromatic heterocycles. The molecule has 0 aliphatic rings. The quantitative estimate of drug-likeness (QED) is 0.673. The SMILES string of the molecule is CCC(CC)CC(=O)c1ncccn1. The van der Waals surface area contributed by atoms with Gasteiger partial charge in [0.2, 0.25) is 0 Å². The molecule has 0 saturated carbocycles. The van der Waals surface area contributed by atoms with Crippen LogP contribution >= 0.6 is 0 Å². The Balaban J connectivity index is 2.59. The highest BCUT2D eigenvalue weighted by Crippen LogP contribution is 2.14. The second-order valence-corrected chi connectivity index (χ2v) is 3.38. The molecule has 0 amide bonds. The number of carbonyl (C=O) groups is 1. The lowest BCUT2D eigenvalue weighted by molar-refractivity contribution is 0.0948. The minimum Gasteiger partial charge on any atom is -0.291 e. The second-order valence-electron chi connectivity index (χ2n) is 3.38. The summed E-state index contributed by atoms with van der Waals surface area (Å²) in [6.07, 6.45) is 5.85. The van der Waals surface area contributed by atoms with Gasteiger partial charge in [0.15, 0.2) is 11.6 Å². The van der Waals surface area contributed by atoms with Crippen molar-refractivity contribution in [3.8, 4) is 0 Å². The van der Waals surface area contributed by atoms with Crippen LogP contribution in [0.15, 0.2) is 18.5 Å². The molecule has 1 rings (SSSR count). The first kappa shape index (κ1) is 10.8. The van der Waals surface area contributed by atoms with E-state index >= 15 is 0 Å². The summed E-state index contributed by atoms with van der Waals surface area (Å²) in [6.45, 7) is 4.21. The largest absolute Gasteiger partial charge is 0.291 e. The predicted molar refractivity (Wildman–Crippen MR) is 55.1 cm³/mol. The number of ketones is 1. The van der Waals surface area contributed by atoms with E-state index in [0.29, 0.717) is 18.2 Å². The third kappa shape index (κ3) is 2.91. The van der Waals surface area contributed by atoms with Crippen LogP contribution in [0.25, 0.3) is 0 Å². The molecule has 0 aliphatic carbocycles. The van der Waals surface area contributed by atoms with Gasteiger partial charge in [-0.05, 0) is 12.0 Å². The average Bonchev–Trinajstić information content (AvgIpc) is 2.26. The van der Waals surface area contributed by atoms with Crippen molar-refractivity contribution < 1.29 is 4.79 Å². The van der Waals surface area contributed by atoms with E-state index < -0.39 is 0 Å². The molecule has 3 heteroatoms. The zero-order valence-corrected chi connectivity index (χ0v) is 8.73. The number of hydrogen-bond donors (Lipinski definition) is 0. The molecule has 0 radical (unpaired) electrons. The summed E-state index contributed by atoms with van der Waals surface area (Å²) in [5.74, 6) is 0.866. The van der Waals surface area contributed by atoms with Crippen molar-refractivity contribution in [2.24, 2.45) is 5.92 Å². The fourth-order valence-corrected chi connectivity index (χ4v) is 1.37. The molecule has 3 nitrogen and oxygen atoms in total. The van der Waals surface area contributed by atoms with Gasteiger partial charge in [-0.25, -0.2) is 9.97 Å². The minimum atomic E-state index is 0.0549. The summed E-state index contributed by atoms with van der Waals surface area (Å²) in [7, 11) is 0. The highest BCUT2D eigenvalue weighted by atomic mass is 16.1. The van der Waals surface area contributed by atoms with Crippen LogP contribution in [0.4, 0.5) is 0 Å². The molecule has 14 heavy (non-hydrogen) atoms. The van der Waals surface area contributed by atoms with E-state index in [4.69, 9.17) is 0 Å². The van der Waals surface area contributed by atoms with Crippen LogP contribution in [-0.2, 0) is 0 Å². The average molecular weight is 192 g/mol. The first-order chi connectivity index (χ1) is 6.77. The molecular formula is C11H16N2O. The maximum atomic E-state index is 11.6. The van der Waals surface area contributed by atoms with Gasteiger partial charge in [0.1, 0.15) is 0 Å². The Morgan fingerprint density at radius 2 is 1.86 bits per heavy atom. The van der Waals surface area contributed by atoms with Crippen LogP contribution in [0.2, 0.25) is 0 Å². The minimum absolute atomic E-state index is 0.0549. The topological polar surface area (TPSA) is 42.9 Å². The lowest BCUT2D eigenvalue weighted by Gasteiger charge is -2.09. The normalized spacial score (nSPS) is 10.5. The highest BCUT2D eigenvalue weighted by Gasteiger charge is 2.13. The van der Waals surface area contributed by atoms with Gasteiger partial charge in [-0.3, -0.25) is 4.79 Å². The van der Waals surface area contributed by atoms with Crippen molar-refractivity contribution in [3.05, 3.63) is 24.3 Å². The standard InChI is InChI=1S/C11H16N2O/c1-3-9(4-2)8-10(14)11-12-6-5-7-13-11/h5-7,9H,3-4,8H2,1-2H3. The van der Waals surface area contributed by atoms with Gasteiger partial charge in [-0.2, -0.15) is 0 Å². The van der Waals surface area contributed by atoms with Crippen LogP contribution in [0.1, 0.15) is 43.7 Å². The molecule has 0 atom stereocenters. The van der Waals surface area contributed by atoms with Crippen LogP contribution in [0.5, 0.6) is 0 Å². The zero-order valence-electron chi connectivity index (χ0n) is 8.73. The monoisotopic (exact) mass is 192 g/mol. The van der Waals surface area contributed by atoms with Gasteiger partial charge >= 0.3 is 0 Å². The van der Waals surface area contributed by atoms with Crippen molar-refractivity contribution in [1.82, 2.24) is 9.97 Å². The molecule has 0 fully saturated rings. The number of carbonyl (C=O) groups excluding carboxylic acids is 1. The molecule has 0 bridgehead atoms. The maximum absolute atomic E-state index is 11.6. The van der Waals surface area contributed by atoms with Gasteiger partial charge in [-0.15, -0.1) is 0 Å². The fraction of sp³-hybridized carbons (Fsp3) is 0.545. The summed E-state index contributed by atoms with van der Waals surface area (Å²) in [4.78, 5) is 19.5. The molecule has 0 spiro atoms. The molecule has 0 aromatic carbocycles. The lowest BCUT2D eigenvalue weighted by Crippen LogP contribution is -2.10. The third-order valence-electron chi connectivity index (χ3n) is 2.44. The highest BCUT2D eigenvalue weighted by molar-refractivity contribution is 5.92. The van der Waals surface area contributed by atoms with E-state index in [0.717, 1.165) is 12.8 Å². The van der Waals surface area contributed by atoms with Crippen molar-refractivity contribution in [3.63, 3.8) is 0 Å². The Hall–Kier alpha value is -1.25. The second kappa shape index (κ2) is 5.47. The molecule has 0 unspecified atom stereocenters. The van der Waals surface area contributed by atoms with Crippen molar-refractivity contribution >= 4 is 5.78 Å². The van der Waals surface area contributed by atoms with Crippen LogP contribution in [0.3, 0.4) is 0 Å². The number of hydrogen-bond acceptors (Lipinski definition) is 3. The molecule has 0 saturated heterocycles. The Morgan fingerprint density at radius 1 is 1.29 bits per heavy atom. The summed E-state index contributed by atoms with van der Waals surface area (Å²) >= 11 is 0. The molecule has 0 aliphatic heterocycles. The Morgan fingerprint density at radius 3 is 2.36 bits per heavy atom. The van der Waals surface area contributed by atoms with Crippen LogP contribution in [0, 0.1) is 5.92 Å². The van der Waals surface area contributed by atoms with E-state index in [-0.39, 0.29) is 5.78 Å². The van der Waals surface area contributed by atoms with E-state index in [1.165, 1.54) is 0 Å². The molecule has 0 N–H and O–H groups in total. The van der Waals surface area contributed by atoms with Crippen molar-refractivity contribution in [2.45, 2.75) is 33.1 Å². The molecule has 1 aromatic rings. The summed E-state index contributed by atoms with van der Waals surface area (Å²) in [6, 6.07) is 1.72.